The molecular weight excluding hydrogens is 312 g/mol. The zero-order valence-electron chi connectivity index (χ0n) is 14.7. The van der Waals surface area contributed by atoms with Crippen LogP contribution in [0.2, 0.25) is 0 Å². The minimum absolute atomic E-state index is 0.0120. The normalized spacial score (nSPS) is 14.6. The van der Waals surface area contributed by atoms with Crippen molar-refractivity contribution in [3.63, 3.8) is 0 Å². The van der Waals surface area contributed by atoms with E-state index < -0.39 is 0 Å². The highest BCUT2D eigenvalue weighted by Crippen LogP contribution is 2.40. The summed E-state index contributed by atoms with van der Waals surface area (Å²) in [6, 6.07) is 15.7. The minimum atomic E-state index is -0.218. The van der Waals surface area contributed by atoms with E-state index in [0.717, 1.165) is 29.5 Å². The smallest absolute Gasteiger partial charge is 0.251 e. The molecule has 2 N–H and O–H groups in total. The third-order valence-corrected chi connectivity index (χ3v) is 4.46. The lowest BCUT2D eigenvalue weighted by Crippen LogP contribution is -2.39. The number of benzene rings is 2. The predicted molar refractivity (Wildman–Crippen MR) is 98.3 cm³/mol. The van der Waals surface area contributed by atoms with Crippen molar-refractivity contribution in [1.29, 1.82) is 0 Å². The maximum Gasteiger partial charge on any atom is 0.251 e. The third kappa shape index (κ3) is 4.69. The lowest BCUT2D eigenvalue weighted by molar-refractivity contribution is -0.121. The van der Waals surface area contributed by atoms with E-state index in [-0.39, 0.29) is 24.4 Å². The molecule has 1 atom stereocenters. The topological polar surface area (TPSA) is 58.2 Å². The second-order valence-electron chi connectivity index (χ2n) is 6.85. The molecule has 0 aromatic heterocycles. The van der Waals surface area contributed by atoms with Crippen LogP contribution in [0.3, 0.4) is 0 Å². The molecule has 3 rings (SSSR count). The summed E-state index contributed by atoms with van der Waals surface area (Å²) in [5, 5.41) is 5.79. The summed E-state index contributed by atoms with van der Waals surface area (Å²) in [6.45, 7) is 3.90. The molecule has 1 aliphatic carbocycles. The zero-order chi connectivity index (χ0) is 17.8. The van der Waals surface area contributed by atoms with Crippen molar-refractivity contribution in [2.24, 2.45) is 5.92 Å². The maximum absolute atomic E-state index is 12.3. The Morgan fingerprint density at radius 1 is 1.04 bits per heavy atom. The van der Waals surface area contributed by atoms with E-state index >= 15 is 0 Å². The number of amides is 2. The fourth-order valence-corrected chi connectivity index (χ4v) is 3.16. The van der Waals surface area contributed by atoms with E-state index in [2.05, 4.69) is 10.6 Å². The first-order valence-corrected chi connectivity index (χ1v) is 8.74. The standard InChI is InChI=1S/C21H24N2O2/c1-14-10-15(2)12-18(11-14)21(25)22-13-19(24)23-20(17-8-9-17)16-6-4-3-5-7-16/h3-7,10-12,17,20H,8-9,13H2,1-2H3,(H,22,25)(H,23,24). The number of carbonyl (C=O) groups excluding carboxylic acids is 2. The number of carbonyl (C=O) groups is 2. The van der Waals surface area contributed by atoms with Gasteiger partial charge in [-0.1, -0.05) is 47.5 Å². The summed E-state index contributed by atoms with van der Waals surface area (Å²) >= 11 is 0. The van der Waals surface area contributed by atoms with Crippen molar-refractivity contribution in [1.82, 2.24) is 10.6 Å². The molecule has 1 fully saturated rings. The fraction of sp³-hybridized carbons (Fsp3) is 0.333. The lowest BCUT2D eigenvalue weighted by Gasteiger charge is -2.19. The van der Waals surface area contributed by atoms with E-state index in [0.29, 0.717) is 11.5 Å². The van der Waals surface area contributed by atoms with Crippen molar-refractivity contribution >= 4 is 11.8 Å². The van der Waals surface area contributed by atoms with E-state index in [1.165, 1.54) is 0 Å². The van der Waals surface area contributed by atoms with Crippen LogP contribution in [-0.2, 0) is 4.79 Å². The fourth-order valence-electron chi connectivity index (χ4n) is 3.16. The molecule has 0 saturated heterocycles. The van der Waals surface area contributed by atoms with Gasteiger partial charge in [0.25, 0.3) is 5.91 Å². The van der Waals surface area contributed by atoms with Crippen LogP contribution in [0.15, 0.2) is 48.5 Å². The summed E-state index contributed by atoms with van der Waals surface area (Å²) in [5.74, 6) is 0.129. The summed E-state index contributed by atoms with van der Waals surface area (Å²) in [5.41, 5.74) is 3.78. The van der Waals surface area contributed by atoms with Gasteiger partial charge in [0, 0.05) is 5.56 Å². The molecule has 4 heteroatoms. The molecule has 0 bridgehead atoms. The highest BCUT2D eigenvalue weighted by atomic mass is 16.2. The lowest BCUT2D eigenvalue weighted by atomic mass is 10.0. The number of hydrogen-bond acceptors (Lipinski definition) is 2. The Kier molecular flexibility index (Phi) is 5.17. The predicted octanol–water partition coefficient (Wildman–Crippen LogP) is 3.30. The van der Waals surface area contributed by atoms with Crippen molar-refractivity contribution in [2.45, 2.75) is 32.7 Å². The molecule has 1 aliphatic rings. The van der Waals surface area contributed by atoms with Crippen molar-refractivity contribution < 1.29 is 9.59 Å². The molecule has 1 saturated carbocycles. The number of aryl methyl sites for hydroxylation is 2. The molecule has 2 aromatic carbocycles. The Hall–Kier alpha value is -2.62. The van der Waals surface area contributed by atoms with E-state index in [1.807, 2.05) is 62.4 Å². The Labute approximate surface area is 148 Å². The zero-order valence-corrected chi connectivity index (χ0v) is 14.7. The average molecular weight is 336 g/mol. The van der Waals surface area contributed by atoms with Gasteiger partial charge in [-0.05, 0) is 50.3 Å². The van der Waals surface area contributed by atoms with Crippen LogP contribution in [0.5, 0.6) is 0 Å². The molecule has 2 amide bonds. The SMILES string of the molecule is Cc1cc(C)cc(C(=O)NCC(=O)NC(c2ccccc2)C2CC2)c1. The molecule has 4 nitrogen and oxygen atoms in total. The minimum Gasteiger partial charge on any atom is -0.347 e. The van der Waals surface area contributed by atoms with Gasteiger partial charge in [0.2, 0.25) is 5.91 Å². The Morgan fingerprint density at radius 2 is 1.68 bits per heavy atom. The molecule has 0 spiro atoms. The van der Waals surface area contributed by atoms with Gasteiger partial charge in [0.05, 0.1) is 12.6 Å². The van der Waals surface area contributed by atoms with Crippen molar-refractivity contribution in [3.05, 3.63) is 70.8 Å². The molecule has 130 valence electrons. The van der Waals surface area contributed by atoms with E-state index in [9.17, 15) is 9.59 Å². The van der Waals surface area contributed by atoms with Gasteiger partial charge in [0.1, 0.15) is 0 Å². The van der Waals surface area contributed by atoms with Crippen LogP contribution < -0.4 is 10.6 Å². The van der Waals surface area contributed by atoms with Gasteiger partial charge >= 0.3 is 0 Å². The van der Waals surface area contributed by atoms with Gasteiger partial charge in [-0.2, -0.15) is 0 Å². The van der Waals surface area contributed by atoms with Crippen molar-refractivity contribution in [2.75, 3.05) is 6.54 Å². The first kappa shape index (κ1) is 17.2. The summed E-state index contributed by atoms with van der Waals surface area (Å²) in [6.07, 6.45) is 2.27. The molecule has 0 aliphatic heterocycles. The number of nitrogens with one attached hydrogen (secondary N) is 2. The average Bonchev–Trinajstić information content (AvgIpc) is 3.42. The first-order chi connectivity index (χ1) is 12.0. The highest BCUT2D eigenvalue weighted by molar-refractivity contribution is 5.96. The monoisotopic (exact) mass is 336 g/mol. The summed E-state index contributed by atoms with van der Waals surface area (Å²) in [7, 11) is 0. The van der Waals surface area contributed by atoms with Gasteiger partial charge < -0.3 is 10.6 Å². The molecular formula is C21H24N2O2. The van der Waals surface area contributed by atoms with Gasteiger partial charge in [-0.15, -0.1) is 0 Å². The molecule has 2 aromatic rings. The van der Waals surface area contributed by atoms with E-state index in [4.69, 9.17) is 0 Å². The van der Waals surface area contributed by atoms with Gasteiger partial charge in [0.15, 0.2) is 0 Å². The highest BCUT2D eigenvalue weighted by Gasteiger charge is 2.33. The molecule has 25 heavy (non-hydrogen) atoms. The van der Waals surface area contributed by atoms with Crippen LogP contribution >= 0.6 is 0 Å². The number of hydrogen-bond donors (Lipinski definition) is 2. The third-order valence-electron chi connectivity index (χ3n) is 4.46. The largest absolute Gasteiger partial charge is 0.347 e. The quantitative estimate of drug-likeness (QED) is 0.850. The Morgan fingerprint density at radius 3 is 2.28 bits per heavy atom. The van der Waals surface area contributed by atoms with E-state index in [1.54, 1.807) is 0 Å². The second kappa shape index (κ2) is 7.51. The van der Waals surface area contributed by atoms with Gasteiger partial charge in [-0.3, -0.25) is 9.59 Å². The molecule has 1 unspecified atom stereocenters. The maximum atomic E-state index is 12.3. The molecule has 0 heterocycles. The van der Waals surface area contributed by atoms with Gasteiger partial charge in [-0.25, -0.2) is 0 Å². The van der Waals surface area contributed by atoms with Crippen LogP contribution in [-0.4, -0.2) is 18.4 Å². The van der Waals surface area contributed by atoms with Crippen molar-refractivity contribution in [3.8, 4) is 0 Å². The number of rotatable bonds is 6. The Bertz CT molecular complexity index is 746. The van der Waals surface area contributed by atoms with Crippen LogP contribution in [0.25, 0.3) is 0 Å². The second-order valence-corrected chi connectivity index (χ2v) is 6.85. The van der Waals surface area contributed by atoms with Crippen LogP contribution in [0, 0.1) is 19.8 Å². The van der Waals surface area contributed by atoms with Crippen LogP contribution in [0.4, 0.5) is 0 Å². The van der Waals surface area contributed by atoms with Crippen LogP contribution in [0.1, 0.15) is 45.9 Å². The summed E-state index contributed by atoms with van der Waals surface area (Å²) < 4.78 is 0. The molecule has 0 radical (unpaired) electrons. The summed E-state index contributed by atoms with van der Waals surface area (Å²) in [4.78, 5) is 24.6. The Balaban J connectivity index is 1.57. The first-order valence-electron chi connectivity index (χ1n) is 8.74.